The van der Waals surface area contributed by atoms with Crippen LogP contribution in [0.5, 0.6) is 5.75 Å². The lowest BCUT2D eigenvalue weighted by Gasteiger charge is -2.31. The van der Waals surface area contributed by atoms with Crippen LogP contribution < -0.4 is 10.1 Å². The highest BCUT2D eigenvalue weighted by Crippen LogP contribution is 2.16. The second-order valence-electron chi connectivity index (χ2n) is 6.59. The standard InChI is InChI=1S/C21H24N2O4/c1-15-14-23(10-11-27-15)21(25)17-6-8-18(9-7-17)22-20(24)13-16-4-3-5-19(12-16)26-2/h3-9,12,15H,10-11,13-14H2,1-2H3,(H,22,24). The van der Waals surface area contributed by atoms with Crippen molar-refractivity contribution < 1.29 is 19.1 Å². The molecule has 1 fully saturated rings. The molecule has 0 spiro atoms. The van der Waals surface area contributed by atoms with Gasteiger partial charge in [0.15, 0.2) is 0 Å². The molecule has 6 heteroatoms. The molecule has 1 aliphatic rings. The summed E-state index contributed by atoms with van der Waals surface area (Å²) in [7, 11) is 1.60. The molecule has 1 unspecified atom stereocenters. The van der Waals surface area contributed by atoms with Gasteiger partial charge in [0, 0.05) is 24.3 Å². The van der Waals surface area contributed by atoms with Crippen LogP contribution >= 0.6 is 0 Å². The zero-order valence-electron chi connectivity index (χ0n) is 15.6. The number of anilines is 1. The lowest BCUT2D eigenvalue weighted by Crippen LogP contribution is -2.44. The van der Waals surface area contributed by atoms with Crippen molar-refractivity contribution in [3.8, 4) is 5.75 Å². The average Bonchev–Trinajstić information content (AvgIpc) is 2.68. The van der Waals surface area contributed by atoms with Crippen LogP contribution in [0.25, 0.3) is 0 Å². The molecule has 0 aromatic heterocycles. The molecule has 2 aromatic rings. The van der Waals surface area contributed by atoms with E-state index in [4.69, 9.17) is 9.47 Å². The zero-order valence-corrected chi connectivity index (χ0v) is 15.6. The molecule has 2 amide bonds. The third kappa shape index (κ3) is 5.08. The molecular formula is C21H24N2O4. The van der Waals surface area contributed by atoms with Crippen molar-refractivity contribution in [2.24, 2.45) is 0 Å². The number of hydrogen-bond acceptors (Lipinski definition) is 4. The van der Waals surface area contributed by atoms with Gasteiger partial charge in [0.2, 0.25) is 5.91 Å². The number of carbonyl (C=O) groups is 2. The van der Waals surface area contributed by atoms with Crippen LogP contribution in [0.2, 0.25) is 0 Å². The highest BCUT2D eigenvalue weighted by atomic mass is 16.5. The van der Waals surface area contributed by atoms with Gasteiger partial charge in [0.1, 0.15) is 5.75 Å². The van der Waals surface area contributed by atoms with Crippen LogP contribution in [0.4, 0.5) is 5.69 Å². The quantitative estimate of drug-likeness (QED) is 0.881. The molecule has 0 radical (unpaired) electrons. The third-order valence-corrected chi connectivity index (χ3v) is 4.44. The Hall–Kier alpha value is -2.86. The number of ether oxygens (including phenoxy) is 2. The van der Waals surface area contributed by atoms with Gasteiger partial charge in [-0.3, -0.25) is 9.59 Å². The number of hydrogen-bond donors (Lipinski definition) is 1. The number of rotatable bonds is 5. The molecule has 1 heterocycles. The van der Waals surface area contributed by atoms with E-state index in [9.17, 15) is 9.59 Å². The van der Waals surface area contributed by atoms with E-state index in [1.54, 1.807) is 36.3 Å². The predicted octanol–water partition coefficient (Wildman–Crippen LogP) is 2.74. The van der Waals surface area contributed by atoms with Crippen molar-refractivity contribution in [2.75, 3.05) is 32.1 Å². The van der Waals surface area contributed by atoms with Gasteiger partial charge in [-0.05, 0) is 48.9 Å². The maximum Gasteiger partial charge on any atom is 0.254 e. The number of methoxy groups -OCH3 is 1. The molecule has 0 bridgehead atoms. The highest BCUT2D eigenvalue weighted by Gasteiger charge is 2.22. The SMILES string of the molecule is COc1cccc(CC(=O)Nc2ccc(C(=O)N3CCOC(C)C3)cc2)c1. The Morgan fingerprint density at radius 1 is 1.22 bits per heavy atom. The summed E-state index contributed by atoms with van der Waals surface area (Å²) in [6.45, 7) is 3.71. The predicted molar refractivity (Wildman–Crippen MR) is 103 cm³/mol. The average molecular weight is 368 g/mol. The monoisotopic (exact) mass is 368 g/mol. The highest BCUT2D eigenvalue weighted by molar-refractivity contribution is 5.96. The lowest BCUT2D eigenvalue weighted by atomic mass is 10.1. The van der Waals surface area contributed by atoms with Crippen molar-refractivity contribution in [2.45, 2.75) is 19.4 Å². The lowest BCUT2D eigenvalue weighted by molar-refractivity contribution is -0.115. The van der Waals surface area contributed by atoms with Gasteiger partial charge in [-0.25, -0.2) is 0 Å². The van der Waals surface area contributed by atoms with Gasteiger partial charge in [-0.2, -0.15) is 0 Å². The first-order valence-electron chi connectivity index (χ1n) is 8.99. The number of benzene rings is 2. The molecule has 3 rings (SSSR count). The Morgan fingerprint density at radius 2 is 2.00 bits per heavy atom. The van der Waals surface area contributed by atoms with Crippen LogP contribution in [0.15, 0.2) is 48.5 Å². The number of nitrogens with zero attached hydrogens (tertiary/aromatic N) is 1. The van der Waals surface area contributed by atoms with E-state index in [0.717, 1.165) is 11.3 Å². The topological polar surface area (TPSA) is 67.9 Å². The molecule has 142 valence electrons. The maximum absolute atomic E-state index is 12.6. The molecule has 1 N–H and O–H groups in total. The van der Waals surface area contributed by atoms with E-state index in [1.165, 1.54) is 0 Å². The van der Waals surface area contributed by atoms with E-state index in [2.05, 4.69) is 5.32 Å². The molecule has 1 saturated heterocycles. The molecule has 0 aliphatic carbocycles. The number of morpholine rings is 1. The fourth-order valence-corrected chi connectivity index (χ4v) is 3.05. The minimum Gasteiger partial charge on any atom is -0.497 e. The van der Waals surface area contributed by atoms with Crippen LogP contribution in [0.3, 0.4) is 0 Å². The van der Waals surface area contributed by atoms with Crippen LogP contribution in [-0.4, -0.2) is 49.6 Å². The molecule has 0 saturated carbocycles. The smallest absolute Gasteiger partial charge is 0.254 e. The molecule has 1 atom stereocenters. The summed E-state index contributed by atoms with van der Waals surface area (Å²) < 4.78 is 10.6. The molecular weight excluding hydrogens is 344 g/mol. The zero-order chi connectivity index (χ0) is 19.2. The minimum absolute atomic E-state index is 0.0144. The summed E-state index contributed by atoms with van der Waals surface area (Å²) in [5.41, 5.74) is 2.14. The van der Waals surface area contributed by atoms with E-state index >= 15 is 0 Å². The van der Waals surface area contributed by atoms with Crippen LogP contribution in [0.1, 0.15) is 22.8 Å². The summed E-state index contributed by atoms with van der Waals surface area (Å²) in [6, 6.07) is 14.4. The Morgan fingerprint density at radius 3 is 2.70 bits per heavy atom. The Kier molecular flexibility index (Phi) is 6.08. The van der Waals surface area contributed by atoms with Gasteiger partial charge in [-0.1, -0.05) is 12.1 Å². The fraction of sp³-hybridized carbons (Fsp3) is 0.333. The molecule has 1 aliphatic heterocycles. The summed E-state index contributed by atoms with van der Waals surface area (Å²) >= 11 is 0. The van der Waals surface area contributed by atoms with Crippen molar-refractivity contribution in [1.82, 2.24) is 4.90 Å². The van der Waals surface area contributed by atoms with Gasteiger partial charge in [0.05, 0.1) is 26.2 Å². The minimum atomic E-state index is -0.121. The third-order valence-electron chi connectivity index (χ3n) is 4.44. The first kappa shape index (κ1) is 18.9. The summed E-state index contributed by atoms with van der Waals surface area (Å²) in [5, 5.41) is 2.86. The summed E-state index contributed by atoms with van der Waals surface area (Å²) in [4.78, 5) is 26.6. The molecule has 6 nitrogen and oxygen atoms in total. The Labute approximate surface area is 159 Å². The van der Waals surface area contributed by atoms with E-state index in [1.807, 2.05) is 31.2 Å². The normalized spacial score (nSPS) is 16.7. The van der Waals surface area contributed by atoms with Crippen molar-refractivity contribution in [1.29, 1.82) is 0 Å². The van der Waals surface area contributed by atoms with Crippen molar-refractivity contribution in [3.05, 3.63) is 59.7 Å². The molecule has 27 heavy (non-hydrogen) atoms. The Bertz CT molecular complexity index is 804. The van der Waals surface area contributed by atoms with Crippen molar-refractivity contribution in [3.63, 3.8) is 0 Å². The number of nitrogens with one attached hydrogen (secondary N) is 1. The second kappa shape index (κ2) is 8.68. The van der Waals surface area contributed by atoms with Crippen LogP contribution in [0, 0.1) is 0 Å². The van der Waals surface area contributed by atoms with Gasteiger partial charge in [0.25, 0.3) is 5.91 Å². The first-order valence-corrected chi connectivity index (χ1v) is 8.99. The second-order valence-corrected chi connectivity index (χ2v) is 6.59. The fourth-order valence-electron chi connectivity index (χ4n) is 3.05. The van der Waals surface area contributed by atoms with Crippen LogP contribution in [-0.2, 0) is 16.0 Å². The van der Waals surface area contributed by atoms with E-state index in [0.29, 0.717) is 30.9 Å². The van der Waals surface area contributed by atoms with E-state index < -0.39 is 0 Å². The van der Waals surface area contributed by atoms with Gasteiger partial charge < -0.3 is 19.7 Å². The number of carbonyl (C=O) groups excluding carboxylic acids is 2. The largest absolute Gasteiger partial charge is 0.497 e. The Balaban J connectivity index is 1.58. The van der Waals surface area contributed by atoms with Gasteiger partial charge >= 0.3 is 0 Å². The molecule has 2 aromatic carbocycles. The van der Waals surface area contributed by atoms with Gasteiger partial charge in [-0.15, -0.1) is 0 Å². The van der Waals surface area contributed by atoms with Crippen molar-refractivity contribution >= 4 is 17.5 Å². The number of amides is 2. The first-order chi connectivity index (χ1) is 13.0. The summed E-state index contributed by atoms with van der Waals surface area (Å²) in [5.74, 6) is 0.587. The maximum atomic E-state index is 12.6. The summed E-state index contributed by atoms with van der Waals surface area (Å²) in [6.07, 6.45) is 0.307. The van der Waals surface area contributed by atoms with E-state index in [-0.39, 0.29) is 24.3 Å².